The van der Waals surface area contributed by atoms with Crippen LogP contribution in [0.4, 0.5) is 4.79 Å². The van der Waals surface area contributed by atoms with E-state index in [9.17, 15) is 9.90 Å². The molecule has 0 aromatic heterocycles. The van der Waals surface area contributed by atoms with Gasteiger partial charge in [-0.25, -0.2) is 4.79 Å². The number of hydrogen-bond donors (Lipinski definition) is 1. The molecular weight excluding hydrogens is 429 g/mol. The zero-order valence-corrected chi connectivity index (χ0v) is 21.3. The smallest absolute Gasteiger partial charge is 0.436 e. The molecule has 0 spiro atoms. The van der Waals surface area contributed by atoms with Crippen LogP contribution in [0.5, 0.6) is 0 Å². The number of benzene rings is 2. The number of ether oxygens (including phenoxy) is 1. The van der Waals surface area contributed by atoms with Crippen molar-refractivity contribution in [2.24, 2.45) is 0 Å². The van der Waals surface area contributed by atoms with Gasteiger partial charge < -0.3 is 19.2 Å². The molecule has 7 heteroatoms. The van der Waals surface area contributed by atoms with Crippen molar-refractivity contribution in [2.45, 2.75) is 83.3 Å². The topological polar surface area (TPSA) is 68.2 Å². The lowest BCUT2D eigenvalue weighted by atomic mass is 9.78. The van der Waals surface area contributed by atoms with E-state index < -0.39 is 29.5 Å². The summed E-state index contributed by atoms with van der Waals surface area (Å²) in [6.45, 7) is 14.0. The number of amides is 1. The molecule has 182 valence electrons. The minimum atomic E-state index is -1.00. The molecule has 2 aromatic rings. The van der Waals surface area contributed by atoms with Gasteiger partial charge in [-0.3, -0.25) is 4.90 Å². The highest BCUT2D eigenvalue weighted by atomic mass is 16.7. The van der Waals surface area contributed by atoms with Crippen molar-refractivity contribution in [3.8, 4) is 0 Å². The second-order valence-corrected chi connectivity index (χ2v) is 11.3. The summed E-state index contributed by atoms with van der Waals surface area (Å²) in [4.78, 5) is 14.8. The van der Waals surface area contributed by atoms with E-state index in [1.165, 1.54) is 0 Å². The van der Waals surface area contributed by atoms with Crippen LogP contribution in [0.25, 0.3) is 0 Å². The van der Waals surface area contributed by atoms with Crippen molar-refractivity contribution in [3.63, 3.8) is 0 Å². The molecule has 6 nitrogen and oxygen atoms in total. The molecule has 2 aliphatic rings. The number of cyclic esters (lactones) is 1. The second kappa shape index (κ2) is 8.40. The third-order valence-electron chi connectivity index (χ3n) is 7.37. The van der Waals surface area contributed by atoms with Crippen molar-refractivity contribution in [3.05, 3.63) is 65.7 Å². The van der Waals surface area contributed by atoms with Crippen LogP contribution in [0.3, 0.4) is 0 Å². The lowest BCUT2D eigenvalue weighted by Crippen LogP contribution is -2.41. The van der Waals surface area contributed by atoms with Crippen LogP contribution in [0.15, 0.2) is 54.6 Å². The molecule has 0 unspecified atom stereocenters. The van der Waals surface area contributed by atoms with E-state index in [0.29, 0.717) is 13.0 Å². The fourth-order valence-corrected chi connectivity index (χ4v) is 4.77. The van der Waals surface area contributed by atoms with Gasteiger partial charge in [-0.2, -0.15) is 0 Å². The van der Waals surface area contributed by atoms with Crippen LogP contribution in [0.1, 0.15) is 72.1 Å². The number of carbonyl (C=O) groups excluding carboxylic acids is 1. The van der Waals surface area contributed by atoms with Gasteiger partial charge in [-0.05, 0) is 65.1 Å². The Balaban J connectivity index is 1.55. The zero-order chi connectivity index (χ0) is 24.9. The quantitative estimate of drug-likeness (QED) is 0.634. The molecule has 2 fully saturated rings. The molecule has 1 amide bonds. The lowest BCUT2D eigenvalue weighted by Gasteiger charge is -2.33. The number of rotatable bonds is 6. The molecule has 2 saturated heterocycles. The molecule has 0 radical (unpaired) electrons. The zero-order valence-electron chi connectivity index (χ0n) is 21.3. The molecule has 2 aliphatic heterocycles. The van der Waals surface area contributed by atoms with Crippen molar-refractivity contribution >= 4 is 18.7 Å². The Morgan fingerprint density at radius 1 is 1.00 bits per heavy atom. The fraction of sp³-hybridized carbons (Fsp3) is 0.519. The standard InChI is InChI=1S/C27H36BNO5/c1-19(20-13-15-22(16-14-20)28-33-25(4,5)26(6,7)34-28)29-18-27(32-23(29)30,17-24(2,3)31)21-11-9-8-10-12-21/h8-16,19,31H,17-18H2,1-7H3/t19-,27+/m0/s1. The van der Waals surface area contributed by atoms with E-state index in [1.807, 2.05) is 89.2 Å². The number of nitrogens with zero attached hydrogens (tertiary/aromatic N) is 1. The van der Waals surface area contributed by atoms with Gasteiger partial charge in [0.25, 0.3) is 0 Å². The summed E-state index contributed by atoms with van der Waals surface area (Å²) < 4.78 is 18.3. The minimum Gasteiger partial charge on any atom is -0.436 e. The molecule has 1 N–H and O–H groups in total. The van der Waals surface area contributed by atoms with E-state index in [4.69, 9.17) is 14.0 Å². The van der Waals surface area contributed by atoms with Gasteiger partial charge in [0, 0.05) is 6.42 Å². The van der Waals surface area contributed by atoms with Gasteiger partial charge >= 0.3 is 13.2 Å². The van der Waals surface area contributed by atoms with Crippen molar-refractivity contribution < 1.29 is 23.9 Å². The molecule has 2 aromatic carbocycles. The van der Waals surface area contributed by atoms with Crippen LogP contribution in [0.2, 0.25) is 0 Å². The third kappa shape index (κ3) is 4.61. The Kier molecular flexibility index (Phi) is 6.12. The van der Waals surface area contributed by atoms with Crippen LogP contribution in [0, 0.1) is 0 Å². The largest absolute Gasteiger partial charge is 0.494 e. The number of hydrogen-bond acceptors (Lipinski definition) is 5. The first-order chi connectivity index (χ1) is 15.7. The predicted octanol–water partition coefficient (Wildman–Crippen LogP) is 4.56. The van der Waals surface area contributed by atoms with Gasteiger partial charge in [0.2, 0.25) is 0 Å². The SMILES string of the molecule is C[C@@H](c1ccc(B2OC(C)(C)C(C)(C)O2)cc1)N1C[C@](CC(C)(C)O)(c2ccccc2)OC1=O. The van der Waals surface area contributed by atoms with Crippen LogP contribution in [-0.4, -0.2) is 46.6 Å². The van der Waals surface area contributed by atoms with Gasteiger partial charge in [0.1, 0.15) is 0 Å². The summed E-state index contributed by atoms with van der Waals surface area (Å²) in [5, 5.41) is 10.6. The summed E-state index contributed by atoms with van der Waals surface area (Å²) in [5.74, 6) is 0. The first kappa shape index (κ1) is 24.8. The second-order valence-electron chi connectivity index (χ2n) is 11.3. The minimum absolute atomic E-state index is 0.202. The van der Waals surface area contributed by atoms with Gasteiger partial charge in [-0.1, -0.05) is 54.6 Å². The van der Waals surface area contributed by atoms with E-state index in [1.54, 1.807) is 18.7 Å². The molecule has 4 rings (SSSR count). The lowest BCUT2D eigenvalue weighted by molar-refractivity contribution is -0.0328. The highest BCUT2D eigenvalue weighted by molar-refractivity contribution is 6.62. The Bertz CT molecular complexity index is 1020. The van der Waals surface area contributed by atoms with E-state index in [2.05, 4.69) is 0 Å². The Morgan fingerprint density at radius 3 is 2.09 bits per heavy atom. The van der Waals surface area contributed by atoms with Gasteiger partial charge in [0.05, 0.1) is 29.4 Å². The predicted molar refractivity (Wildman–Crippen MR) is 133 cm³/mol. The average Bonchev–Trinajstić information content (AvgIpc) is 3.19. The highest BCUT2D eigenvalue weighted by Crippen LogP contribution is 2.42. The molecule has 0 saturated carbocycles. The molecule has 0 bridgehead atoms. The first-order valence-corrected chi connectivity index (χ1v) is 12.0. The Morgan fingerprint density at radius 2 is 1.56 bits per heavy atom. The molecular formula is C27H36BNO5. The molecule has 34 heavy (non-hydrogen) atoms. The number of aliphatic hydroxyl groups is 1. The van der Waals surface area contributed by atoms with Gasteiger partial charge in [-0.15, -0.1) is 0 Å². The van der Waals surface area contributed by atoms with Crippen molar-refractivity contribution in [1.29, 1.82) is 0 Å². The molecule has 2 atom stereocenters. The van der Waals surface area contributed by atoms with Crippen LogP contribution in [-0.2, 0) is 19.6 Å². The summed E-state index contributed by atoms with van der Waals surface area (Å²) in [5.41, 5.74) is 0.113. The summed E-state index contributed by atoms with van der Waals surface area (Å²) >= 11 is 0. The van der Waals surface area contributed by atoms with E-state index in [0.717, 1.165) is 16.6 Å². The summed E-state index contributed by atoms with van der Waals surface area (Å²) in [6.07, 6.45) is -0.0736. The third-order valence-corrected chi connectivity index (χ3v) is 7.37. The highest BCUT2D eigenvalue weighted by Gasteiger charge is 2.52. The normalized spacial score (nSPS) is 24.9. The summed E-state index contributed by atoms with van der Waals surface area (Å²) in [6, 6.07) is 17.5. The molecule has 2 heterocycles. The van der Waals surface area contributed by atoms with Crippen LogP contribution >= 0.6 is 0 Å². The van der Waals surface area contributed by atoms with Crippen molar-refractivity contribution in [1.82, 2.24) is 4.90 Å². The summed E-state index contributed by atoms with van der Waals surface area (Å²) in [7, 11) is -0.427. The van der Waals surface area contributed by atoms with Crippen LogP contribution < -0.4 is 5.46 Å². The maximum absolute atomic E-state index is 13.1. The maximum Gasteiger partial charge on any atom is 0.494 e. The van der Waals surface area contributed by atoms with E-state index in [-0.39, 0.29) is 12.1 Å². The Hall–Kier alpha value is -2.35. The van der Waals surface area contributed by atoms with Gasteiger partial charge in [0.15, 0.2) is 5.60 Å². The molecule has 0 aliphatic carbocycles. The maximum atomic E-state index is 13.1. The Labute approximate surface area is 203 Å². The van der Waals surface area contributed by atoms with E-state index >= 15 is 0 Å². The fourth-order valence-electron chi connectivity index (χ4n) is 4.77. The first-order valence-electron chi connectivity index (χ1n) is 12.0. The number of carbonyl (C=O) groups is 1. The average molecular weight is 465 g/mol. The van der Waals surface area contributed by atoms with Crippen molar-refractivity contribution in [2.75, 3.05) is 6.54 Å². The monoisotopic (exact) mass is 465 g/mol.